The molecular weight excluding hydrogens is 380 g/mol. The molecule has 134 valence electrons. The van der Waals surface area contributed by atoms with Crippen LogP contribution in [0.5, 0.6) is 5.75 Å². The topological polar surface area (TPSA) is 95.7 Å². The van der Waals surface area contributed by atoms with Crippen LogP contribution in [-0.4, -0.2) is 21.0 Å². The quantitative estimate of drug-likeness (QED) is 0.764. The van der Waals surface area contributed by atoms with E-state index in [0.29, 0.717) is 0 Å². The lowest BCUT2D eigenvalue weighted by Gasteiger charge is -2.11. The predicted octanol–water partition coefficient (Wildman–Crippen LogP) is 2.95. The second-order valence-electron chi connectivity index (χ2n) is 4.75. The Hall–Kier alpha value is -2.23. The highest BCUT2D eigenvalue weighted by atomic mass is 35.5. The maximum Gasteiger partial charge on any atom is 0.387 e. The standard InChI is InChI=1S/C15H12ClF2NO5S/c16-12-6-5-10(25(19,21)22)7-11(12)14(20)23-8-9-3-1-2-4-13(9)24-15(17)18/h1-7,15H,8H2,(H2,19,21,22). The first kappa shape index (κ1) is 19.1. The molecular formula is C15H12ClF2NO5S. The van der Waals surface area contributed by atoms with E-state index < -0.39 is 22.6 Å². The van der Waals surface area contributed by atoms with Gasteiger partial charge in [-0.25, -0.2) is 18.4 Å². The molecule has 0 radical (unpaired) electrons. The highest BCUT2D eigenvalue weighted by Gasteiger charge is 2.18. The van der Waals surface area contributed by atoms with E-state index in [2.05, 4.69) is 4.74 Å². The van der Waals surface area contributed by atoms with Crippen LogP contribution in [0.1, 0.15) is 15.9 Å². The van der Waals surface area contributed by atoms with Gasteiger partial charge in [0.25, 0.3) is 0 Å². The van der Waals surface area contributed by atoms with Gasteiger partial charge in [0.2, 0.25) is 10.0 Å². The SMILES string of the molecule is NS(=O)(=O)c1ccc(Cl)c(C(=O)OCc2ccccc2OC(F)F)c1. The molecule has 0 heterocycles. The smallest absolute Gasteiger partial charge is 0.387 e. The third kappa shape index (κ3) is 5.12. The predicted molar refractivity (Wildman–Crippen MR) is 85.0 cm³/mol. The summed E-state index contributed by atoms with van der Waals surface area (Å²) in [6.07, 6.45) is 0. The van der Waals surface area contributed by atoms with Crippen LogP contribution in [0.25, 0.3) is 0 Å². The van der Waals surface area contributed by atoms with Gasteiger partial charge in [0.1, 0.15) is 12.4 Å². The molecule has 2 rings (SSSR count). The Morgan fingerprint density at radius 2 is 1.88 bits per heavy atom. The fraction of sp³-hybridized carbons (Fsp3) is 0.133. The number of rotatable bonds is 6. The van der Waals surface area contributed by atoms with Crippen molar-refractivity contribution in [2.45, 2.75) is 18.1 Å². The number of hydrogen-bond acceptors (Lipinski definition) is 5. The van der Waals surface area contributed by atoms with E-state index in [1.54, 1.807) is 6.07 Å². The van der Waals surface area contributed by atoms with Gasteiger partial charge in [-0.15, -0.1) is 0 Å². The van der Waals surface area contributed by atoms with E-state index in [9.17, 15) is 22.0 Å². The zero-order valence-corrected chi connectivity index (χ0v) is 14.1. The second-order valence-corrected chi connectivity index (χ2v) is 6.72. The summed E-state index contributed by atoms with van der Waals surface area (Å²) in [6, 6.07) is 9.07. The number of ether oxygens (including phenoxy) is 2. The molecule has 0 fully saturated rings. The fourth-order valence-electron chi connectivity index (χ4n) is 1.89. The maximum atomic E-state index is 12.4. The van der Waals surface area contributed by atoms with Crippen LogP contribution < -0.4 is 9.88 Å². The van der Waals surface area contributed by atoms with Gasteiger partial charge in [-0.1, -0.05) is 29.8 Å². The van der Waals surface area contributed by atoms with Gasteiger partial charge < -0.3 is 9.47 Å². The second kappa shape index (κ2) is 7.77. The highest BCUT2D eigenvalue weighted by molar-refractivity contribution is 7.89. The Balaban J connectivity index is 2.19. The summed E-state index contributed by atoms with van der Waals surface area (Å²) >= 11 is 5.86. The third-order valence-corrected chi connectivity index (χ3v) is 4.27. The van der Waals surface area contributed by atoms with Crippen molar-refractivity contribution in [1.82, 2.24) is 0 Å². The first-order valence-corrected chi connectivity index (χ1v) is 8.63. The summed E-state index contributed by atoms with van der Waals surface area (Å²) in [4.78, 5) is 11.8. The van der Waals surface area contributed by atoms with E-state index in [1.165, 1.54) is 24.3 Å². The number of sulfonamides is 1. The van der Waals surface area contributed by atoms with E-state index in [-0.39, 0.29) is 33.4 Å². The average molecular weight is 392 g/mol. The summed E-state index contributed by atoms with van der Waals surface area (Å²) in [5.41, 5.74) is -0.0182. The van der Waals surface area contributed by atoms with Crippen LogP contribution in [0.4, 0.5) is 8.78 Å². The Bertz CT molecular complexity index is 889. The van der Waals surface area contributed by atoms with E-state index in [0.717, 1.165) is 12.1 Å². The minimum atomic E-state index is -4.03. The van der Waals surface area contributed by atoms with Crippen molar-refractivity contribution >= 4 is 27.6 Å². The van der Waals surface area contributed by atoms with Crippen LogP contribution in [0.15, 0.2) is 47.4 Å². The van der Waals surface area contributed by atoms with Crippen LogP contribution >= 0.6 is 11.6 Å². The number of esters is 1. The van der Waals surface area contributed by atoms with E-state index >= 15 is 0 Å². The monoisotopic (exact) mass is 391 g/mol. The maximum absolute atomic E-state index is 12.4. The molecule has 2 aromatic carbocycles. The summed E-state index contributed by atoms with van der Waals surface area (Å²) < 4.78 is 56.7. The summed E-state index contributed by atoms with van der Waals surface area (Å²) in [5.74, 6) is -1.09. The molecule has 0 aliphatic heterocycles. The van der Waals surface area contributed by atoms with E-state index in [4.69, 9.17) is 21.5 Å². The van der Waals surface area contributed by atoms with Crippen LogP contribution in [0.3, 0.4) is 0 Å². The number of hydrogen-bond donors (Lipinski definition) is 1. The molecule has 0 saturated heterocycles. The minimum Gasteiger partial charge on any atom is -0.457 e. The Labute approximate surface area is 147 Å². The largest absolute Gasteiger partial charge is 0.457 e. The number of primary sulfonamides is 1. The van der Waals surface area contributed by atoms with Crippen LogP contribution in [0, 0.1) is 0 Å². The van der Waals surface area contributed by atoms with Gasteiger partial charge in [-0.3, -0.25) is 0 Å². The fourth-order valence-corrected chi connectivity index (χ4v) is 2.63. The van der Waals surface area contributed by atoms with Crippen LogP contribution in [0.2, 0.25) is 5.02 Å². The molecule has 0 amide bonds. The first-order chi connectivity index (χ1) is 11.7. The molecule has 0 aromatic heterocycles. The molecule has 0 atom stereocenters. The molecule has 0 bridgehead atoms. The molecule has 0 aliphatic rings. The summed E-state index contributed by atoms with van der Waals surface area (Å²) in [5, 5.41) is 4.95. The summed E-state index contributed by atoms with van der Waals surface area (Å²) in [6.45, 7) is -3.41. The van der Waals surface area contributed by atoms with Gasteiger partial charge in [-0.2, -0.15) is 8.78 Å². The number of carbonyl (C=O) groups is 1. The number of para-hydroxylation sites is 1. The minimum absolute atomic E-state index is 0.0467. The van der Waals surface area contributed by atoms with Crippen molar-refractivity contribution in [2.75, 3.05) is 0 Å². The van der Waals surface area contributed by atoms with Crippen LogP contribution in [-0.2, 0) is 21.4 Å². The van der Waals surface area contributed by atoms with Gasteiger partial charge >= 0.3 is 12.6 Å². The zero-order chi connectivity index (χ0) is 18.6. The number of alkyl halides is 2. The Morgan fingerprint density at radius 1 is 1.20 bits per heavy atom. The lowest BCUT2D eigenvalue weighted by Crippen LogP contribution is -2.14. The lowest BCUT2D eigenvalue weighted by molar-refractivity contribution is -0.0510. The first-order valence-electron chi connectivity index (χ1n) is 6.70. The third-order valence-electron chi connectivity index (χ3n) is 3.03. The van der Waals surface area contributed by atoms with Crippen molar-refractivity contribution in [3.8, 4) is 5.75 Å². The molecule has 25 heavy (non-hydrogen) atoms. The van der Waals surface area contributed by atoms with Gasteiger partial charge in [-0.05, 0) is 24.3 Å². The highest BCUT2D eigenvalue weighted by Crippen LogP contribution is 2.24. The molecule has 6 nitrogen and oxygen atoms in total. The van der Waals surface area contributed by atoms with Crippen molar-refractivity contribution in [2.24, 2.45) is 5.14 Å². The van der Waals surface area contributed by atoms with Crippen molar-refractivity contribution in [1.29, 1.82) is 0 Å². The molecule has 0 unspecified atom stereocenters. The molecule has 2 aromatic rings. The average Bonchev–Trinajstić information content (AvgIpc) is 2.52. The number of benzene rings is 2. The molecule has 0 saturated carbocycles. The van der Waals surface area contributed by atoms with Crippen molar-refractivity contribution < 1.29 is 31.5 Å². The molecule has 0 aliphatic carbocycles. The van der Waals surface area contributed by atoms with E-state index in [1.807, 2.05) is 0 Å². The number of halogens is 3. The number of nitrogens with two attached hydrogens (primary N) is 1. The molecule has 10 heteroatoms. The zero-order valence-electron chi connectivity index (χ0n) is 12.5. The number of carbonyl (C=O) groups excluding carboxylic acids is 1. The normalized spacial score (nSPS) is 11.4. The van der Waals surface area contributed by atoms with Gasteiger partial charge in [0, 0.05) is 5.56 Å². The van der Waals surface area contributed by atoms with Crippen molar-refractivity contribution in [3.63, 3.8) is 0 Å². The van der Waals surface area contributed by atoms with Crippen molar-refractivity contribution in [3.05, 3.63) is 58.6 Å². The molecule has 2 N–H and O–H groups in total. The summed E-state index contributed by atoms with van der Waals surface area (Å²) in [7, 11) is -4.03. The Morgan fingerprint density at radius 3 is 2.52 bits per heavy atom. The van der Waals surface area contributed by atoms with Gasteiger partial charge in [0.05, 0.1) is 15.5 Å². The van der Waals surface area contributed by atoms with Gasteiger partial charge in [0.15, 0.2) is 0 Å². The lowest BCUT2D eigenvalue weighted by atomic mass is 10.2. The Kier molecular flexibility index (Phi) is 5.93. The molecule has 0 spiro atoms.